The molecule has 0 saturated heterocycles. The van der Waals surface area contributed by atoms with Gasteiger partial charge in [0.15, 0.2) is 5.78 Å². The molecule has 4 aliphatic rings. The largest absolute Gasteiger partial charge is 0.389 e. The number of Topliss-reactive ketones (excluding diaryl/α,β-unsaturated/α-hetero) is 2. The van der Waals surface area contributed by atoms with Crippen molar-refractivity contribution in [1.29, 1.82) is 0 Å². The first-order valence-electron chi connectivity index (χ1n) is 10.1. The number of hydrogen-bond acceptors (Lipinski definition) is 3. The van der Waals surface area contributed by atoms with E-state index >= 15 is 0 Å². The van der Waals surface area contributed by atoms with Crippen molar-refractivity contribution < 1.29 is 14.7 Å². The summed E-state index contributed by atoms with van der Waals surface area (Å²) in [6.45, 7) is 4.51. The molecule has 0 bridgehead atoms. The van der Waals surface area contributed by atoms with Gasteiger partial charge in [0.2, 0.25) is 0 Å². The van der Waals surface area contributed by atoms with Gasteiger partial charge in [0.25, 0.3) is 0 Å². The molecule has 0 heterocycles. The number of rotatable bonds is 2. The van der Waals surface area contributed by atoms with E-state index in [0.29, 0.717) is 23.0 Å². The molecule has 0 spiro atoms. The molecule has 0 aromatic rings. The third-order valence-corrected chi connectivity index (χ3v) is 9.03. The maximum absolute atomic E-state index is 12.3. The van der Waals surface area contributed by atoms with Gasteiger partial charge in [0, 0.05) is 18.8 Å². The molecule has 0 aliphatic heterocycles. The molecule has 0 radical (unpaired) electrons. The van der Waals surface area contributed by atoms with Crippen LogP contribution in [0.2, 0.25) is 0 Å². The van der Waals surface area contributed by atoms with Crippen molar-refractivity contribution in [1.82, 2.24) is 0 Å². The fourth-order valence-electron chi connectivity index (χ4n) is 7.68. The lowest BCUT2D eigenvalue weighted by Gasteiger charge is -2.60. The van der Waals surface area contributed by atoms with Gasteiger partial charge in [-0.05, 0) is 79.4 Å². The first-order chi connectivity index (χ1) is 11.4. The Morgan fingerprint density at radius 1 is 1.04 bits per heavy atom. The molecule has 0 aromatic heterocycles. The van der Waals surface area contributed by atoms with Crippen LogP contribution in [-0.2, 0) is 9.59 Å². The Labute approximate surface area is 145 Å². The minimum absolute atomic E-state index is 0.0709. The minimum atomic E-state index is -0.289. The summed E-state index contributed by atoms with van der Waals surface area (Å²) in [6, 6.07) is 0. The third-order valence-electron chi connectivity index (χ3n) is 9.03. The number of aliphatic hydroxyl groups is 1. The second-order valence-corrected chi connectivity index (χ2v) is 9.70. The SMILES string of the molecule is C[C@@]12CC[C@H]3[C@@H](CC[C@H]4CC(=O)CC[C@]43C)[C@@H]1CC[C@@H]2C(=O)CO. The summed E-state index contributed by atoms with van der Waals surface area (Å²) in [4.78, 5) is 24.2. The van der Waals surface area contributed by atoms with Gasteiger partial charge in [-0.15, -0.1) is 0 Å². The normalized spacial score (nSPS) is 50.8. The molecule has 4 saturated carbocycles. The summed E-state index contributed by atoms with van der Waals surface area (Å²) in [5, 5.41) is 9.37. The van der Waals surface area contributed by atoms with Crippen LogP contribution in [0.3, 0.4) is 0 Å². The zero-order valence-corrected chi connectivity index (χ0v) is 15.2. The predicted molar refractivity (Wildman–Crippen MR) is 92.3 cm³/mol. The van der Waals surface area contributed by atoms with Gasteiger partial charge in [-0.1, -0.05) is 13.8 Å². The van der Waals surface area contributed by atoms with E-state index in [2.05, 4.69) is 13.8 Å². The third kappa shape index (κ3) is 2.19. The molecule has 3 nitrogen and oxygen atoms in total. The van der Waals surface area contributed by atoms with Crippen molar-refractivity contribution in [2.75, 3.05) is 6.61 Å². The highest BCUT2D eigenvalue weighted by molar-refractivity contribution is 5.83. The second kappa shape index (κ2) is 5.65. The van der Waals surface area contributed by atoms with Crippen LogP contribution in [-0.4, -0.2) is 23.3 Å². The summed E-state index contributed by atoms with van der Waals surface area (Å²) in [6.07, 6.45) is 9.61. The number of aliphatic hydroxyl groups excluding tert-OH is 1. The molecule has 0 aromatic carbocycles. The maximum Gasteiger partial charge on any atom is 0.161 e. The van der Waals surface area contributed by atoms with E-state index in [1.165, 1.54) is 19.3 Å². The zero-order chi connectivity index (χ0) is 17.1. The van der Waals surface area contributed by atoms with E-state index in [-0.39, 0.29) is 23.7 Å². The summed E-state index contributed by atoms with van der Waals surface area (Å²) in [5.74, 6) is 3.34. The Bertz CT molecular complexity index is 555. The Morgan fingerprint density at radius 2 is 1.79 bits per heavy atom. The van der Waals surface area contributed by atoms with Gasteiger partial charge in [-0.3, -0.25) is 9.59 Å². The van der Waals surface area contributed by atoms with Crippen LogP contribution >= 0.6 is 0 Å². The molecule has 4 aliphatic carbocycles. The lowest BCUT2D eigenvalue weighted by molar-refractivity contribution is -0.144. The van der Waals surface area contributed by atoms with Crippen LogP contribution < -0.4 is 0 Å². The Morgan fingerprint density at radius 3 is 2.54 bits per heavy atom. The number of ketones is 2. The fraction of sp³-hybridized carbons (Fsp3) is 0.905. The van der Waals surface area contributed by atoms with Crippen molar-refractivity contribution >= 4 is 11.6 Å². The molecule has 24 heavy (non-hydrogen) atoms. The standard InChI is InChI=1S/C21H32O3/c1-20-9-7-14(23)11-13(20)3-4-15-16-5-6-18(19(24)12-22)21(16,2)10-8-17(15)20/h13,15-18,22H,3-12H2,1-2H3/t13-,15-,16-,17-,18+,20+,21+/m0/s1. The van der Waals surface area contributed by atoms with Gasteiger partial charge in [0.1, 0.15) is 12.4 Å². The molecule has 7 atom stereocenters. The van der Waals surface area contributed by atoms with Crippen LogP contribution in [0.5, 0.6) is 0 Å². The molecule has 134 valence electrons. The molecule has 3 heteroatoms. The highest BCUT2D eigenvalue weighted by Gasteiger charge is 2.60. The van der Waals surface area contributed by atoms with Gasteiger partial charge in [-0.2, -0.15) is 0 Å². The summed E-state index contributed by atoms with van der Waals surface area (Å²) >= 11 is 0. The average Bonchev–Trinajstić information content (AvgIpc) is 2.92. The van der Waals surface area contributed by atoms with Crippen molar-refractivity contribution in [2.24, 2.45) is 40.4 Å². The summed E-state index contributed by atoms with van der Waals surface area (Å²) < 4.78 is 0. The zero-order valence-electron chi connectivity index (χ0n) is 15.2. The van der Waals surface area contributed by atoms with E-state index in [0.717, 1.165) is 50.4 Å². The molecular formula is C21H32O3. The first-order valence-corrected chi connectivity index (χ1v) is 10.1. The van der Waals surface area contributed by atoms with Crippen LogP contribution in [0, 0.1) is 40.4 Å². The summed E-state index contributed by atoms with van der Waals surface area (Å²) in [7, 11) is 0. The van der Waals surface area contributed by atoms with E-state index in [4.69, 9.17) is 0 Å². The monoisotopic (exact) mass is 332 g/mol. The lowest BCUT2D eigenvalue weighted by Crippen LogP contribution is -2.54. The molecule has 4 rings (SSSR count). The maximum atomic E-state index is 12.3. The fourth-order valence-corrected chi connectivity index (χ4v) is 7.68. The number of carbonyl (C=O) groups is 2. The molecule has 1 N–H and O–H groups in total. The molecule has 4 fully saturated rings. The van der Waals surface area contributed by atoms with Crippen LogP contribution in [0.15, 0.2) is 0 Å². The Hall–Kier alpha value is -0.700. The van der Waals surface area contributed by atoms with E-state index in [1.54, 1.807) is 0 Å². The van der Waals surface area contributed by atoms with Crippen LogP contribution in [0.4, 0.5) is 0 Å². The average molecular weight is 332 g/mol. The lowest BCUT2D eigenvalue weighted by atomic mass is 9.44. The molecule has 0 amide bonds. The van der Waals surface area contributed by atoms with Crippen LogP contribution in [0.1, 0.15) is 71.6 Å². The quantitative estimate of drug-likeness (QED) is 0.837. The van der Waals surface area contributed by atoms with Crippen molar-refractivity contribution in [3.63, 3.8) is 0 Å². The first kappa shape index (κ1) is 16.8. The minimum Gasteiger partial charge on any atom is -0.389 e. The van der Waals surface area contributed by atoms with Crippen molar-refractivity contribution in [2.45, 2.75) is 71.6 Å². The van der Waals surface area contributed by atoms with E-state index in [1.807, 2.05) is 0 Å². The topological polar surface area (TPSA) is 54.4 Å². The smallest absolute Gasteiger partial charge is 0.161 e. The summed E-state index contributed by atoms with van der Waals surface area (Å²) in [5.41, 5.74) is 0.450. The highest BCUT2D eigenvalue weighted by Crippen LogP contribution is 2.67. The number of carbonyl (C=O) groups excluding carboxylic acids is 2. The highest BCUT2D eigenvalue weighted by atomic mass is 16.3. The molecular weight excluding hydrogens is 300 g/mol. The Kier molecular flexibility index (Phi) is 3.95. The van der Waals surface area contributed by atoms with Crippen molar-refractivity contribution in [3.05, 3.63) is 0 Å². The van der Waals surface area contributed by atoms with Gasteiger partial charge >= 0.3 is 0 Å². The van der Waals surface area contributed by atoms with E-state index in [9.17, 15) is 14.7 Å². The number of fused-ring (bicyclic) bond motifs is 5. The second-order valence-electron chi connectivity index (χ2n) is 9.70. The van der Waals surface area contributed by atoms with Crippen LogP contribution in [0.25, 0.3) is 0 Å². The Balaban J connectivity index is 1.61. The molecule has 0 unspecified atom stereocenters. The van der Waals surface area contributed by atoms with Gasteiger partial charge in [-0.25, -0.2) is 0 Å². The van der Waals surface area contributed by atoms with Crippen molar-refractivity contribution in [3.8, 4) is 0 Å². The van der Waals surface area contributed by atoms with E-state index < -0.39 is 0 Å². The van der Waals surface area contributed by atoms with Gasteiger partial charge < -0.3 is 5.11 Å². The van der Waals surface area contributed by atoms with Gasteiger partial charge in [0.05, 0.1) is 0 Å². The predicted octanol–water partition coefficient (Wildman–Crippen LogP) is 3.78. The number of hydrogen-bond donors (Lipinski definition) is 1.